The molecule has 0 unspecified atom stereocenters. The topological polar surface area (TPSA) is 46.0 Å². The number of nitrogens with zero attached hydrogens (tertiary/aromatic N) is 3. The SMILES string of the molecule is CC(C=Nn1c(-c2ccccc2)n[nH]c1=S)=Cc1ccccc1. The Morgan fingerprint density at radius 1 is 1.09 bits per heavy atom. The van der Waals surface area contributed by atoms with Gasteiger partial charge in [-0.2, -0.15) is 14.9 Å². The monoisotopic (exact) mass is 320 g/mol. The van der Waals surface area contributed by atoms with Crippen molar-refractivity contribution in [2.75, 3.05) is 0 Å². The van der Waals surface area contributed by atoms with Gasteiger partial charge in [0, 0.05) is 5.56 Å². The van der Waals surface area contributed by atoms with Gasteiger partial charge < -0.3 is 0 Å². The summed E-state index contributed by atoms with van der Waals surface area (Å²) in [6, 6.07) is 20.0. The van der Waals surface area contributed by atoms with Crippen molar-refractivity contribution in [2.45, 2.75) is 6.92 Å². The fourth-order valence-electron chi connectivity index (χ4n) is 2.17. The number of hydrogen-bond donors (Lipinski definition) is 1. The van der Waals surface area contributed by atoms with Gasteiger partial charge in [0.05, 0.1) is 6.21 Å². The van der Waals surface area contributed by atoms with Crippen molar-refractivity contribution in [3.63, 3.8) is 0 Å². The lowest BCUT2D eigenvalue weighted by atomic mass is 10.1. The third-order valence-electron chi connectivity index (χ3n) is 3.25. The number of hydrogen-bond acceptors (Lipinski definition) is 3. The molecule has 0 aliphatic heterocycles. The molecular weight excluding hydrogens is 304 g/mol. The molecule has 1 aromatic heterocycles. The molecule has 4 nitrogen and oxygen atoms in total. The number of nitrogens with one attached hydrogen (secondary N) is 1. The summed E-state index contributed by atoms with van der Waals surface area (Å²) in [4.78, 5) is 0. The fraction of sp³-hybridized carbons (Fsp3) is 0.0556. The molecule has 2 aromatic carbocycles. The van der Waals surface area contributed by atoms with Crippen molar-refractivity contribution in [2.24, 2.45) is 5.10 Å². The van der Waals surface area contributed by atoms with Crippen molar-refractivity contribution in [3.8, 4) is 11.4 Å². The van der Waals surface area contributed by atoms with E-state index in [1.807, 2.05) is 55.5 Å². The highest BCUT2D eigenvalue weighted by Crippen LogP contribution is 2.16. The van der Waals surface area contributed by atoms with Crippen LogP contribution >= 0.6 is 12.2 Å². The van der Waals surface area contributed by atoms with E-state index in [0.717, 1.165) is 16.7 Å². The van der Waals surface area contributed by atoms with Crippen LogP contribution in [0.25, 0.3) is 17.5 Å². The van der Waals surface area contributed by atoms with Gasteiger partial charge in [-0.25, -0.2) is 5.10 Å². The maximum absolute atomic E-state index is 5.27. The minimum atomic E-state index is 0.465. The second-order valence-electron chi connectivity index (χ2n) is 5.07. The van der Waals surface area contributed by atoms with Crippen molar-refractivity contribution in [1.29, 1.82) is 0 Å². The van der Waals surface area contributed by atoms with Crippen LogP contribution in [0.3, 0.4) is 0 Å². The van der Waals surface area contributed by atoms with E-state index in [0.29, 0.717) is 10.6 Å². The lowest BCUT2D eigenvalue weighted by Gasteiger charge is -2.00. The highest BCUT2D eigenvalue weighted by Gasteiger charge is 2.06. The molecule has 0 saturated carbocycles. The zero-order valence-corrected chi connectivity index (χ0v) is 13.5. The normalized spacial score (nSPS) is 12.0. The molecule has 3 aromatic rings. The number of rotatable bonds is 4. The number of allylic oxidation sites excluding steroid dienone is 1. The first kappa shape index (κ1) is 15.1. The second-order valence-corrected chi connectivity index (χ2v) is 5.46. The Kier molecular flexibility index (Phi) is 4.59. The van der Waals surface area contributed by atoms with Crippen LogP contribution in [0.4, 0.5) is 0 Å². The molecule has 5 heteroatoms. The summed E-state index contributed by atoms with van der Waals surface area (Å²) < 4.78 is 2.10. The molecule has 114 valence electrons. The van der Waals surface area contributed by atoms with Gasteiger partial charge in [0.15, 0.2) is 5.82 Å². The first-order chi connectivity index (χ1) is 11.2. The molecule has 0 fully saturated rings. The largest absolute Gasteiger partial charge is 0.250 e. The van der Waals surface area contributed by atoms with E-state index in [1.165, 1.54) is 0 Å². The number of aromatic amines is 1. The van der Waals surface area contributed by atoms with Crippen LogP contribution in [0, 0.1) is 4.77 Å². The number of benzene rings is 2. The number of aromatic nitrogens is 3. The number of H-pyrrole nitrogens is 1. The van der Waals surface area contributed by atoms with E-state index in [1.54, 1.807) is 10.9 Å². The van der Waals surface area contributed by atoms with Crippen LogP contribution in [-0.2, 0) is 0 Å². The Hall–Kier alpha value is -2.79. The summed E-state index contributed by atoms with van der Waals surface area (Å²) in [6.45, 7) is 2.00. The Bertz CT molecular complexity index is 890. The molecular formula is C18H16N4S. The first-order valence-electron chi connectivity index (χ1n) is 7.24. The Morgan fingerprint density at radius 3 is 2.43 bits per heavy atom. The highest BCUT2D eigenvalue weighted by atomic mass is 32.1. The minimum Gasteiger partial charge on any atom is -0.250 e. The molecule has 0 aliphatic rings. The van der Waals surface area contributed by atoms with Gasteiger partial charge in [-0.1, -0.05) is 66.7 Å². The molecule has 1 N–H and O–H groups in total. The predicted octanol–water partition coefficient (Wildman–Crippen LogP) is 4.55. The van der Waals surface area contributed by atoms with E-state index >= 15 is 0 Å². The van der Waals surface area contributed by atoms with Crippen molar-refractivity contribution in [3.05, 3.63) is 76.6 Å². The first-order valence-corrected chi connectivity index (χ1v) is 7.65. The molecule has 0 amide bonds. The summed E-state index contributed by atoms with van der Waals surface area (Å²) in [6.07, 6.45) is 3.85. The van der Waals surface area contributed by atoms with E-state index in [4.69, 9.17) is 12.2 Å². The summed E-state index contributed by atoms with van der Waals surface area (Å²) in [7, 11) is 0. The van der Waals surface area contributed by atoms with Crippen LogP contribution in [0.5, 0.6) is 0 Å². The molecule has 3 rings (SSSR count). The minimum absolute atomic E-state index is 0.465. The predicted molar refractivity (Wildman–Crippen MR) is 96.8 cm³/mol. The quantitative estimate of drug-likeness (QED) is 0.566. The van der Waals surface area contributed by atoms with E-state index in [2.05, 4.69) is 33.5 Å². The molecule has 0 radical (unpaired) electrons. The van der Waals surface area contributed by atoms with E-state index < -0.39 is 0 Å². The smallest absolute Gasteiger partial charge is 0.216 e. The zero-order valence-electron chi connectivity index (χ0n) is 12.7. The zero-order chi connectivity index (χ0) is 16.1. The van der Waals surface area contributed by atoms with Crippen LogP contribution in [0.15, 0.2) is 71.3 Å². The maximum Gasteiger partial charge on any atom is 0.216 e. The van der Waals surface area contributed by atoms with Gasteiger partial charge in [-0.15, -0.1) is 0 Å². The summed E-state index contributed by atoms with van der Waals surface area (Å²) >= 11 is 5.27. The average molecular weight is 320 g/mol. The standard InChI is InChI=1S/C18H16N4S/c1-14(12-15-8-4-2-5-9-15)13-19-22-17(20-21-18(22)23)16-10-6-3-7-11-16/h2-13H,1H3,(H,21,23). The van der Waals surface area contributed by atoms with E-state index in [9.17, 15) is 0 Å². The van der Waals surface area contributed by atoms with Gasteiger partial charge >= 0.3 is 0 Å². The lowest BCUT2D eigenvalue weighted by molar-refractivity contribution is 0.871. The fourth-order valence-corrected chi connectivity index (χ4v) is 2.35. The van der Waals surface area contributed by atoms with Gasteiger partial charge in [-0.05, 0) is 30.3 Å². The second kappa shape index (κ2) is 6.98. The van der Waals surface area contributed by atoms with Crippen LogP contribution in [0.1, 0.15) is 12.5 Å². The molecule has 0 atom stereocenters. The van der Waals surface area contributed by atoms with Crippen molar-refractivity contribution in [1.82, 2.24) is 14.9 Å². The summed E-state index contributed by atoms with van der Waals surface area (Å²) in [5.41, 5.74) is 3.12. The molecule has 23 heavy (non-hydrogen) atoms. The molecule has 0 saturated heterocycles. The maximum atomic E-state index is 5.27. The molecule has 1 heterocycles. The highest BCUT2D eigenvalue weighted by molar-refractivity contribution is 7.71. The summed E-state index contributed by atoms with van der Waals surface area (Å²) in [5, 5.41) is 11.5. The van der Waals surface area contributed by atoms with Gasteiger partial charge in [-0.3, -0.25) is 0 Å². The average Bonchev–Trinajstić information content (AvgIpc) is 2.95. The third-order valence-corrected chi connectivity index (χ3v) is 3.52. The molecule has 0 aliphatic carbocycles. The Morgan fingerprint density at radius 2 is 1.74 bits per heavy atom. The van der Waals surface area contributed by atoms with Gasteiger partial charge in [0.2, 0.25) is 4.77 Å². The van der Waals surface area contributed by atoms with Crippen LogP contribution in [-0.4, -0.2) is 21.1 Å². The van der Waals surface area contributed by atoms with Crippen molar-refractivity contribution >= 4 is 24.5 Å². The summed E-state index contributed by atoms with van der Waals surface area (Å²) in [5.74, 6) is 0.694. The van der Waals surface area contributed by atoms with E-state index in [-0.39, 0.29) is 0 Å². The van der Waals surface area contributed by atoms with Crippen molar-refractivity contribution < 1.29 is 0 Å². The van der Waals surface area contributed by atoms with Gasteiger partial charge in [0.1, 0.15) is 0 Å². The molecule has 0 bridgehead atoms. The van der Waals surface area contributed by atoms with Gasteiger partial charge in [0.25, 0.3) is 0 Å². The van der Waals surface area contributed by atoms with Crippen LogP contribution in [0.2, 0.25) is 0 Å². The Balaban J connectivity index is 1.90. The Labute approximate surface area is 139 Å². The van der Waals surface area contributed by atoms with Crippen LogP contribution < -0.4 is 0 Å². The molecule has 0 spiro atoms. The third kappa shape index (κ3) is 3.70. The lowest BCUT2D eigenvalue weighted by Crippen LogP contribution is -1.94.